The molecule has 0 heterocycles. The number of hydrogen-bond acceptors (Lipinski definition) is 3. The van der Waals surface area contributed by atoms with Crippen molar-refractivity contribution in [1.82, 2.24) is 4.72 Å². The van der Waals surface area contributed by atoms with Crippen molar-refractivity contribution in [2.45, 2.75) is 4.90 Å². The zero-order valence-electron chi connectivity index (χ0n) is 12.4. The molecule has 0 atom stereocenters. The van der Waals surface area contributed by atoms with Crippen LogP contribution in [0.4, 0.5) is 14.5 Å². The molecule has 8 heteroatoms. The Bertz CT molecular complexity index is 862. The lowest BCUT2D eigenvalue weighted by atomic mass is 10.2. The smallest absolute Gasteiger partial charge is 0.255 e. The molecule has 0 fully saturated rings. The van der Waals surface area contributed by atoms with E-state index in [0.717, 1.165) is 18.2 Å². The third-order valence-corrected chi connectivity index (χ3v) is 4.37. The number of hydrogen-bond donors (Lipinski definition) is 2. The first-order valence-corrected chi connectivity index (χ1v) is 8.28. The van der Waals surface area contributed by atoms with E-state index < -0.39 is 27.6 Å². The molecule has 0 saturated carbocycles. The van der Waals surface area contributed by atoms with Crippen LogP contribution in [0.5, 0.6) is 0 Å². The van der Waals surface area contributed by atoms with Gasteiger partial charge < -0.3 is 5.32 Å². The summed E-state index contributed by atoms with van der Waals surface area (Å²) >= 11 is 0. The van der Waals surface area contributed by atoms with E-state index >= 15 is 0 Å². The molecule has 0 unspecified atom stereocenters. The van der Waals surface area contributed by atoms with E-state index in [9.17, 15) is 22.0 Å². The molecule has 0 radical (unpaired) electrons. The molecule has 0 saturated heterocycles. The maximum atomic E-state index is 13.1. The van der Waals surface area contributed by atoms with E-state index in [1.54, 1.807) is 0 Å². The summed E-state index contributed by atoms with van der Waals surface area (Å²) in [4.78, 5) is 12.0. The largest absolute Gasteiger partial charge is 0.322 e. The van der Waals surface area contributed by atoms with Gasteiger partial charge in [0.15, 0.2) is 0 Å². The fraction of sp³-hybridized carbons (Fsp3) is 0.0625. The molecule has 0 spiro atoms. The Morgan fingerprint density at radius 1 is 1.12 bits per heavy atom. The lowest BCUT2D eigenvalue weighted by molar-refractivity contribution is 0.102. The van der Waals surface area contributed by atoms with Crippen molar-refractivity contribution in [3.63, 3.8) is 0 Å². The topological polar surface area (TPSA) is 75.3 Å². The predicted octanol–water partition coefficient (Wildman–Crippen LogP) is 2.68. The number of carbonyl (C=O) groups excluding carboxylic acids is 1. The second-order valence-corrected chi connectivity index (χ2v) is 6.55. The number of anilines is 1. The molecule has 2 rings (SSSR count). The fourth-order valence-corrected chi connectivity index (χ4v) is 2.93. The lowest BCUT2D eigenvalue weighted by Crippen LogP contribution is -2.24. The molecular formula is C16H14F2N2O3S. The van der Waals surface area contributed by atoms with Gasteiger partial charge in [-0.3, -0.25) is 4.79 Å². The highest BCUT2D eigenvalue weighted by atomic mass is 32.2. The Morgan fingerprint density at radius 3 is 2.42 bits per heavy atom. The number of benzene rings is 2. The molecular weight excluding hydrogens is 338 g/mol. The minimum absolute atomic E-state index is 0.0288. The fourth-order valence-electron chi connectivity index (χ4n) is 1.89. The summed E-state index contributed by atoms with van der Waals surface area (Å²) in [6.45, 7) is 3.45. The molecule has 5 nitrogen and oxygen atoms in total. The highest BCUT2D eigenvalue weighted by Crippen LogP contribution is 2.16. The van der Waals surface area contributed by atoms with E-state index in [2.05, 4.69) is 16.6 Å². The van der Waals surface area contributed by atoms with E-state index in [0.29, 0.717) is 6.07 Å². The van der Waals surface area contributed by atoms with Crippen molar-refractivity contribution in [2.75, 3.05) is 11.9 Å². The Balaban J connectivity index is 2.24. The van der Waals surface area contributed by atoms with Gasteiger partial charge in [-0.2, -0.15) is 0 Å². The maximum Gasteiger partial charge on any atom is 0.255 e. The summed E-state index contributed by atoms with van der Waals surface area (Å²) in [5, 5.41) is 2.31. The van der Waals surface area contributed by atoms with Gasteiger partial charge in [0.1, 0.15) is 11.6 Å². The first-order chi connectivity index (χ1) is 11.3. The summed E-state index contributed by atoms with van der Waals surface area (Å²) in [5.41, 5.74) is -0.0447. The molecule has 0 aliphatic heterocycles. The van der Waals surface area contributed by atoms with Crippen LogP contribution in [-0.4, -0.2) is 20.9 Å². The highest BCUT2D eigenvalue weighted by molar-refractivity contribution is 7.89. The summed E-state index contributed by atoms with van der Waals surface area (Å²) < 4.78 is 52.6. The van der Waals surface area contributed by atoms with E-state index in [4.69, 9.17) is 0 Å². The van der Waals surface area contributed by atoms with Crippen molar-refractivity contribution in [3.8, 4) is 0 Å². The molecule has 0 bridgehead atoms. The lowest BCUT2D eigenvalue weighted by Gasteiger charge is -2.08. The molecule has 0 aliphatic carbocycles. The second kappa shape index (κ2) is 7.33. The normalized spacial score (nSPS) is 11.1. The highest BCUT2D eigenvalue weighted by Gasteiger charge is 2.15. The van der Waals surface area contributed by atoms with Gasteiger partial charge in [0.25, 0.3) is 5.91 Å². The van der Waals surface area contributed by atoms with Crippen molar-refractivity contribution in [2.24, 2.45) is 0 Å². The third-order valence-electron chi connectivity index (χ3n) is 2.94. The van der Waals surface area contributed by atoms with Crippen LogP contribution in [0.15, 0.2) is 60.0 Å². The molecule has 0 aromatic heterocycles. The van der Waals surface area contributed by atoms with Crippen LogP contribution < -0.4 is 10.0 Å². The molecule has 24 heavy (non-hydrogen) atoms. The molecule has 1 amide bonds. The molecule has 126 valence electrons. The number of halogens is 2. The Morgan fingerprint density at radius 2 is 1.79 bits per heavy atom. The average Bonchev–Trinajstić information content (AvgIpc) is 2.52. The van der Waals surface area contributed by atoms with E-state index in [1.165, 1.54) is 24.3 Å². The van der Waals surface area contributed by atoms with Gasteiger partial charge in [-0.25, -0.2) is 21.9 Å². The zero-order valence-corrected chi connectivity index (χ0v) is 13.2. The van der Waals surface area contributed by atoms with Gasteiger partial charge in [-0.15, -0.1) is 6.58 Å². The Labute approximate surface area is 138 Å². The van der Waals surface area contributed by atoms with Crippen LogP contribution >= 0.6 is 0 Å². The minimum atomic E-state index is -3.79. The quantitative estimate of drug-likeness (QED) is 0.785. The Hall–Kier alpha value is -2.58. The number of amides is 1. The van der Waals surface area contributed by atoms with Gasteiger partial charge >= 0.3 is 0 Å². The zero-order chi connectivity index (χ0) is 17.7. The second-order valence-electron chi connectivity index (χ2n) is 4.78. The van der Waals surface area contributed by atoms with E-state index in [-0.39, 0.29) is 22.7 Å². The van der Waals surface area contributed by atoms with Crippen LogP contribution in [-0.2, 0) is 10.0 Å². The number of sulfonamides is 1. The first kappa shape index (κ1) is 17.8. The van der Waals surface area contributed by atoms with Crippen LogP contribution in [0.3, 0.4) is 0 Å². The van der Waals surface area contributed by atoms with Crippen molar-refractivity contribution in [1.29, 1.82) is 0 Å². The van der Waals surface area contributed by atoms with Crippen LogP contribution in [0, 0.1) is 11.6 Å². The average molecular weight is 352 g/mol. The molecule has 2 N–H and O–H groups in total. The van der Waals surface area contributed by atoms with Gasteiger partial charge in [0.05, 0.1) is 4.90 Å². The van der Waals surface area contributed by atoms with Gasteiger partial charge in [-0.05, 0) is 30.3 Å². The molecule has 2 aromatic carbocycles. The van der Waals surface area contributed by atoms with Crippen LogP contribution in [0.25, 0.3) is 0 Å². The summed E-state index contributed by atoms with van der Waals surface area (Å²) in [6.07, 6.45) is 1.38. The number of carbonyl (C=O) groups is 1. The standard InChI is InChI=1S/C16H14F2N2O3S/c1-2-6-19-24(22,23)15-5-3-4-11(7-15)16(21)20-14-9-12(17)8-13(18)10-14/h2-5,7-10,19H,1,6H2,(H,20,21). The number of rotatable bonds is 6. The first-order valence-electron chi connectivity index (χ1n) is 6.80. The maximum absolute atomic E-state index is 13.1. The predicted molar refractivity (Wildman–Crippen MR) is 86.1 cm³/mol. The number of nitrogens with one attached hydrogen (secondary N) is 2. The summed E-state index contributed by atoms with van der Waals surface area (Å²) in [7, 11) is -3.79. The van der Waals surface area contributed by atoms with Gasteiger partial charge in [0.2, 0.25) is 10.0 Å². The Kier molecular flexibility index (Phi) is 5.42. The van der Waals surface area contributed by atoms with Crippen LogP contribution in [0.2, 0.25) is 0 Å². The summed E-state index contributed by atoms with van der Waals surface area (Å²) in [5.74, 6) is -2.37. The SMILES string of the molecule is C=CCNS(=O)(=O)c1cccc(C(=O)Nc2cc(F)cc(F)c2)c1. The molecule has 2 aromatic rings. The van der Waals surface area contributed by atoms with Crippen molar-refractivity contribution in [3.05, 3.63) is 72.3 Å². The van der Waals surface area contributed by atoms with Crippen molar-refractivity contribution < 1.29 is 22.0 Å². The van der Waals surface area contributed by atoms with Crippen molar-refractivity contribution >= 4 is 21.6 Å². The van der Waals surface area contributed by atoms with Gasteiger partial charge in [0, 0.05) is 23.9 Å². The molecule has 0 aliphatic rings. The third kappa shape index (κ3) is 4.46. The van der Waals surface area contributed by atoms with Crippen LogP contribution in [0.1, 0.15) is 10.4 Å². The monoisotopic (exact) mass is 352 g/mol. The minimum Gasteiger partial charge on any atom is -0.322 e. The van der Waals surface area contributed by atoms with Gasteiger partial charge in [-0.1, -0.05) is 12.1 Å². The summed E-state index contributed by atoms with van der Waals surface area (Å²) in [6, 6.07) is 7.84. The van der Waals surface area contributed by atoms with E-state index in [1.807, 2.05) is 0 Å².